The van der Waals surface area contributed by atoms with Crippen LogP contribution in [0.2, 0.25) is 5.02 Å². The second-order valence-electron chi connectivity index (χ2n) is 5.41. The Morgan fingerprint density at radius 2 is 2.10 bits per heavy atom. The Bertz CT molecular complexity index is 764. The van der Waals surface area contributed by atoms with Crippen LogP contribution in [0.5, 0.6) is 0 Å². The van der Waals surface area contributed by atoms with Crippen LogP contribution >= 0.6 is 11.6 Å². The Kier molecular flexibility index (Phi) is 2.65. The molecule has 21 heavy (non-hydrogen) atoms. The maximum absolute atomic E-state index is 12.2. The van der Waals surface area contributed by atoms with Gasteiger partial charge in [-0.25, -0.2) is 4.98 Å². The van der Waals surface area contributed by atoms with Gasteiger partial charge in [0.2, 0.25) is 0 Å². The van der Waals surface area contributed by atoms with E-state index in [-0.39, 0.29) is 0 Å². The highest BCUT2D eigenvalue weighted by molar-refractivity contribution is 6.52. The summed E-state index contributed by atoms with van der Waals surface area (Å²) < 4.78 is 2.09. The second kappa shape index (κ2) is 4.43. The zero-order chi connectivity index (χ0) is 14.6. The van der Waals surface area contributed by atoms with Crippen LogP contribution in [0.25, 0.3) is 0 Å². The minimum atomic E-state index is -0.504. The topological polar surface area (TPSA) is 55.2 Å². The van der Waals surface area contributed by atoms with Crippen LogP contribution < -0.4 is 4.90 Å². The zero-order valence-electron chi connectivity index (χ0n) is 11.1. The van der Waals surface area contributed by atoms with E-state index in [4.69, 9.17) is 11.6 Å². The highest BCUT2D eigenvalue weighted by Gasteiger charge is 2.37. The highest BCUT2D eigenvalue weighted by atomic mass is 35.5. The number of ketones is 1. The average Bonchev–Trinajstić information content (AvgIpc) is 3.18. The van der Waals surface area contributed by atoms with E-state index in [1.807, 2.05) is 0 Å². The van der Waals surface area contributed by atoms with E-state index >= 15 is 0 Å². The number of fused-ring (bicyclic) bond motifs is 1. The fourth-order valence-corrected chi connectivity index (χ4v) is 2.90. The maximum Gasteiger partial charge on any atom is 0.299 e. The van der Waals surface area contributed by atoms with Crippen LogP contribution in [0.15, 0.2) is 30.7 Å². The van der Waals surface area contributed by atoms with Crippen LogP contribution in [0.4, 0.5) is 5.69 Å². The summed E-state index contributed by atoms with van der Waals surface area (Å²) in [7, 11) is 0. The van der Waals surface area contributed by atoms with E-state index < -0.39 is 11.7 Å². The van der Waals surface area contributed by atoms with Crippen molar-refractivity contribution in [3.63, 3.8) is 0 Å². The van der Waals surface area contributed by atoms with E-state index in [9.17, 15) is 9.59 Å². The van der Waals surface area contributed by atoms with Gasteiger partial charge in [0, 0.05) is 17.3 Å². The Hall–Kier alpha value is -2.14. The van der Waals surface area contributed by atoms with Crippen LogP contribution in [0.3, 0.4) is 0 Å². The van der Waals surface area contributed by atoms with Crippen molar-refractivity contribution < 1.29 is 9.59 Å². The van der Waals surface area contributed by atoms with Gasteiger partial charge in [-0.2, -0.15) is 0 Å². The molecular formula is C15H12ClN3O2. The summed E-state index contributed by atoms with van der Waals surface area (Å²) in [5, 5.41) is 0.458. The molecule has 5 nitrogen and oxygen atoms in total. The lowest BCUT2D eigenvalue weighted by atomic mass is 10.1. The van der Waals surface area contributed by atoms with Gasteiger partial charge >= 0.3 is 0 Å². The quantitative estimate of drug-likeness (QED) is 0.819. The van der Waals surface area contributed by atoms with Gasteiger partial charge in [-0.15, -0.1) is 0 Å². The molecule has 1 aliphatic heterocycles. The highest BCUT2D eigenvalue weighted by Crippen LogP contribution is 2.37. The lowest BCUT2D eigenvalue weighted by Gasteiger charge is -2.17. The smallest absolute Gasteiger partial charge is 0.299 e. The van der Waals surface area contributed by atoms with E-state index in [2.05, 4.69) is 9.55 Å². The van der Waals surface area contributed by atoms with Crippen molar-refractivity contribution in [2.24, 2.45) is 0 Å². The third-order valence-corrected chi connectivity index (χ3v) is 4.18. The molecule has 4 rings (SSSR count). The predicted octanol–water partition coefficient (Wildman–Crippen LogP) is 2.60. The van der Waals surface area contributed by atoms with E-state index in [0.717, 1.165) is 18.5 Å². The van der Waals surface area contributed by atoms with Crippen LogP contribution in [-0.4, -0.2) is 21.2 Å². The molecule has 0 atom stereocenters. The third kappa shape index (κ3) is 1.96. The zero-order valence-corrected chi connectivity index (χ0v) is 11.9. The number of rotatable bonds is 3. The summed E-state index contributed by atoms with van der Waals surface area (Å²) in [5.74, 6) is -0.999. The molecule has 0 N–H and O–H groups in total. The first-order valence-corrected chi connectivity index (χ1v) is 7.19. The predicted molar refractivity (Wildman–Crippen MR) is 77.5 cm³/mol. The van der Waals surface area contributed by atoms with E-state index in [0.29, 0.717) is 28.9 Å². The molecule has 0 spiro atoms. The Morgan fingerprint density at radius 3 is 2.86 bits per heavy atom. The van der Waals surface area contributed by atoms with E-state index in [1.165, 1.54) is 4.90 Å². The standard InChI is InChI=1S/C15H12ClN3O2/c16-9-1-4-13-12(5-9)14(20)15(21)18(13)7-11-6-17-8-19(11)10-2-3-10/h1,4-6,8,10H,2-3,7H2. The van der Waals surface area contributed by atoms with Crippen LogP contribution in [-0.2, 0) is 11.3 Å². The maximum atomic E-state index is 12.2. The first-order valence-electron chi connectivity index (χ1n) is 6.81. The number of aromatic nitrogens is 2. The molecule has 2 aliphatic rings. The Balaban J connectivity index is 1.71. The number of hydrogen-bond acceptors (Lipinski definition) is 3. The molecule has 1 amide bonds. The number of Topliss-reactive ketones (excluding diaryl/α,β-unsaturated/α-hetero) is 1. The summed E-state index contributed by atoms with van der Waals surface area (Å²) in [6.45, 7) is 0.357. The van der Waals surface area contributed by atoms with Gasteiger partial charge in [-0.05, 0) is 31.0 Å². The van der Waals surface area contributed by atoms with Crippen LogP contribution in [0.1, 0.15) is 34.9 Å². The molecular weight excluding hydrogens is 290 g/mol. The molecule has 1 aromatic carbocycles. The lowest BCUT2D eigenvalue weighted by Crippen LogP contribution is -2.30. The average molecular weight is 302 g/mol. The fraction of sp³-hybridized carbons (Fsp3) is 0.267. The second-order valence-corrected chi connectivity index (χ2v) is 5.84. The molecule has 1 aromatic heterocycles. The van der Waals surface area contributed by atoms with Crippen molar-refractivity contribution >= 4 is 29.0 Å². The number of imidazole rings is 1. The van der Waals surface area contributed by atoms with Gasteiger partial charge in [0.05, 0.1) is 29.8 Å². The molecule has 2 aromatic rings. The van der Waals surface area contributed by atoms with Crippen molar-refractivity contribution in [2.75, 3.05) is 4.90 Å². The first kappa shape index (κ1) is 12.6. The van der Waals surface area contributed by atoms with Crippen molar-refractivity contribution in [2.45, 2.75) is 25.4 Å². The van der Waals surface area contributed by atoms with Crippen molar-refractivity contribution in [1.29, 1.82) is 0 Å². The molecule has 1 aliphatic carbocycles. The summed E-state index contributed by atoms with van der Waals surface area (Å²) in [6.07, 6.45) is 5.83. The summed E-state index contributed by atoms with van der Waals surface area (Å²) in [5.41, 5.74) is 1.95. The number of halogens is 1. The van der Waals surface area contributed by atoms with Gasteiger partial charge in [0.1, 0.15) is 0 Å². The molecule has 0 radical (unpaired) electrons. The molecule has 0 bridgehead atoms. The molecule has 0 saturated heterocycles. The Morgan fingerprint density at radius 1 is 1.29 bits per heavy atom. The summed E-state index contributed by atoms with van der Waals surface area (Å²) in [4.78, 5) is 29.9. The molecule has 0 unspecified atom stereocenters. The fourth-order valence-electron chi connectivity index (χ4n) is 2.73. The molecule has 106 valence electrons. The summed E-state index contributed by atoms with van der Waals surface area (Å²) in [6, 6.07) is 5.45. The largest absolute Gasteiger partial charge is 0.330 e. The van der Waals surface area contributed by atoms with Crippen LogP contribution in [0, 0.1) is 0 Å². The number of benzene rings is 1. The van der Waals surface area contributed by atoms with Crippen molar-refractivity contribution in [3.8, 4) is 0 Å². The summed E-state index contributed by atoms with van der Waals surface area (Å²) >= 11 is 5.91. The number of anilines is 1. The lowest BCUT2D eigenvalue weighted by molar-refractivity contribution is -0.114. The van der Waals surface area contributed by atoms with Gasteiger partial charge in [0.25, 0.3) is 11.7 Å². The monoisotopic (exact) mass is 301 g/mol. The first-order chi connectivity index (χ1) is 10.1. The van der Waals surface area contributed by atoms with Gasteiger partial charge < -0.3 is 4.57 Å². The van der Waals surface area contributed by atoms with Crippen molar-refractivity contribution in [1.82, 2.24) is 9.55 Å². The number of carbonyl (C=O) groups excluding carboxylic acids is 2. The molecule has 6 heteroatoms. The molecule has 1 saturated carbocycles. The number of nitrogens with zero attached hydrogens (tertiary/aromatic N) is 3. The minimum Gasteiger partial charge on any atom is -0.330 e. The van der Waals surface area contributed by atoms with Gasteiger partial charge in [-0.1, -0.05) is 11.6 Å². The molecule has 1 fully saturated rings. The van der Waals surface area contributed by atoms with Gasteiger partial charge in [-0.3, -0.25) is 14.5 Å². The van der Waals surface area contributed by atoms with Gasteiger partial charge in [0.15, 0.2) is 0 Å². The van der Waals surface area contributed by atoms with Crippen molar-refractivity contribution in [3.05, 3.63) is 47.0 Å². The minimum absolute atomic E-state index is 0.357. The number of amides is 1. The molecule has 2 heterocycles. The third-order valence-electron chi connectivity index (χ3n) is 3.94. The SMILES string of the molecule is O=C1C(=O)N(Cc2cncn2C2CC2)c2ccc(Cl)cc21. The van der Waals surface area contributed by atoms with E-state index in [1.54, 1.807) is 30.7 Å². The number of hydrogen-bond donors (Lipinski definition) is 0. The Labute approximate surface area is 126 Å². The normalized spacial score (nSPS) is 17.5. The number of carbonyl (C=O) groups is 2.